The summed E-state index contributed by atoms with van der Waals surface area (Å²) < 4.78 is 5.69. The lowest BCUT2D eigenvalue weighted by molar-refractivity contribution is 0.451. The van der Waals surface area contributed by atoms with Crippen LogP contribution in [0.4, 0.5) is 0 Å². The highest BCUT2D eigenvalue weighted by Crippen LogP contribution is 2.27. The van der Waals surface area contributed by atoms with Crippen LogP contribution in [0.5, 0.6) is 11.6 Å². The summed E-state index contributed by atoms with van der Waals surface area (Å²) in [6.45, 7) is 6.11. The summed E-state index contributed by atoms with van der Waals surface area (Å²) in [6.07, 6.45) is 0. The van der Waals surface area contributed by atoms with Gasteiger partial charge in [-0.3, -0.25) is 0 Å². The Morgan fingerprint density at radius 1 is 1.06 bits per heavy atom. The predicted octanol–water partition coefficient (Wildman–Crippen LogP) is 3.85. The van der Waals surface area contributed by atoms with Crippen LogP contribution < -0.4 is 4.74 Å². The van der Waals surface area contributed by atoms with E-state index in [0.717, 1.165) is 16.9 Å². The highest BCUT2D eigenvalue weighted by Gasteiger charge is 2.06. The summed E-state index contributed by atoms with van der Waals surface area (Å²) >= 11 is 5.67. The van der Waals surface area contributed by atoms with Gasteiger partial charge in [0, 0.05) is 6.07 Å². The van der Waals surface area contributed by atoms with Gasteiger partial charge in [-0.2, -0.15) is 0 Å². The van der Waals surface area contributed by atoms with Gasteiger partial charge in [0.05, 0.1) is 0 Å². The quantitative estimate of drug-likeness (QED) is 0.810. The lowest BCUT2D eigenvalue weighted by Gasteiger charge is -2.10. The smallest absolute Gasteiger partial charge is 0.238 e. The largest absolute Gasteiger partial charge is 0.437 e. The fraction of sp³-hybridized carbons (Fsp3) is 0.231. The van der Waals surface area contributed by atoms with Gasteiger partial charge in [0.25, 0.3) is 0 Å². The SMILES string of the molecule is Cc1cc(C)c(C)c(Oc2ccc(Cl)nn2)c1. The van der Waals surface area contributed by atoms with E-state index in [1.807, 2.05) is 19.9 Å². The fourth-order valence-corrected chi connectivity index (χ4v) is 1.68. The molecular formula is C13H13ClN2O. The summed E-state index contributed by atoms with van der Waals surface area (Å²) in [5.41, 5.74) is 3.46. The van der Waals surface area contributed by atoms with Crippen LogP contribution in [0.1, 0.15) is 16.7 Å². The molecule has 2 aromatic rings. The molecule has 3 nitrogen and oxygen atoms in total. The summed E-state index contributed by atoms with van der Waals surface area (Å²) in [7, 11) is 0. The third-order valence-electron chi connectivity index (χ3n) is 2.59. The highest BCUT2D eigenvalue weighted by molar-refractivity contribution is 6.29. The average molecular weight is 249 g/mol. The zero-order valence-electron chi connectivity index (χ0n) is 9.99. The highest BCUT2D eigenvalue weighted by atomic mass is 35.5. The molecule has 88 valence electrons. The first kappa shape index (κ1) is 11.9. The second-order valence-electron chi connectivity index (χ2n) is 4.00. The lowest BCUT2D eigenvalue weighted by Crippen LogP contribution is -1.94. The number of hydrogen-bond donors (Lipinski definition) is 0. The molecule has 1 aromatic carbocycles. The maximum atomic E-state index is 5.69. The predicted molar refractivity (Wildman–Crippen MR) is 67.8 cm³/mol. The number of hydrogen-bond acceptors (Lipinski definition) is 3. The minimum absolute atomic E-state index is 0.356. The molecule has 0 amide bonds. The van der Waals surface area contributed by atoms with Crippen molar-refractivity contribution in [3.63, 3.8) is 0 Å². The average Bonchev–Trinajstić information content (AvgIpc) is 2.28. The van der Waals surface area contributed by atoms with Crippen molar-refractivity contribution in [3.8, 4) is 11.6 Å². The number of halogens is 1. The molecule has 2 rings (SSSR count). The number of benzene rings is 1. The molecule has 0 N–H and O–H groups in total. The summed E-state index contributed by atoms with van der Waals surface area (Å²) in [4.78, 5) is 0. The van der Waals surface area contributed by atoms with E-state index in [4.69, 9.17) is 16.3 Å². The van der Waals surface area contributed by atoms with E-state index in [-0.39, 0.29) is 0 Å². The molecule has 0 saturated heterocycles. The maximum Gasteiger partial charge on any atom is 0.238 e. The Balaban J connectivity index is 2.32. The van der Waals surface area contributed by atoms with E-state index in [9.17, 15) is 0 Å². The normalized spacial score (nSPS) is 10.4. The third-order valence-corrected chi connectivity index (χ3v) is 2.79. The van der Waals surface area contributed by atoms with Gasteiger partial charge >= 0.3 is 0 Å². The molecule has 0 spiro atoms. The second-order valence-corrected chi connectivity index (χ2v) is 4.39. The molecule has 0 aliphatic carbocycles. The van der Waals surface area contributed by atoms with Gasteiger partial charge in [-0.15, -0.1) is 10.2 Å². The number of aryl methyl sites for hydroxylation is 2. The first-order valence-electron chi connectivity index (χ1n) is 5.31. The minimum Gasteiger partial charge on any atom is -0.437 e. The number of aromatic nitrogens is 2. The van der Waals surface area contributed by atoms with E-state index >= 15 is 0 Å². The first-order valence-corrected chi connectivity index (χ1v) is 5.69. The van der Waals surface area contributed by atoms with E-state index < -0.39 is 0 Å². The summed E-state index contributed by atoms with van der Waals surface area (Å²) in [5.74, 6) is 1.25. The zero-order chi connectivity index (χ0) is 12.4. The van der Waals surface area contributed by atoms with Crippen molar-refractivity contribution >= 4 is 11.6 Å². The Labute approximate surface area is 105 Å². The van der Waals surface area contributed by atoms with E-state index in [2.05, 4.69) is 23.2 Å². The van der Waals surface area contributed by atoms with Crippen molar-refractivity contribution in [1.29, 1.82) is 0 Å². The van der Waals surface area contributed by atoms with Gasteiger partial charge in [0.1, 0.15) is 5.75 Å². The fourth-order valence-electron chi connectivity index (χ4n) is 1.58. The Morgan fingerprint density at radius 2 is 1.82 bits per heavy atom. The molecule has 0 fully saturated rings. The molecule has 0 saturated carbocycles. The van der Waals surface area contributed by atoms with Crippen molar-refractivity contribution < 1.29 is 4.74 Å². The number of ether oxygens (including phenoxy) is 1. The molecule has 0 aliphatic heterocycles. The van der Waals surface area contributed by atoms with Crippen LogP contribution in [0, 0.1) is 20.8 Å². The van der Waals surface area contributed by atoms with Crippen LogP contribution in [-0.2, 0) is 0 Å². The second kappa shape index (κ2) is 4.72. The molecule has 0 bridgehead atoms. The van der Waals surface area contributed by atoms with Crippen LogP contribution >= 0.6 is 11.6 Å². The Bertz CT molecular complexity index is 538. The van der Waals surface area contributed by atoms with Crippen LogP contribution in [-0.4, -0.2) is 10.2 Å². The molecule has 0 unspecified atom stereocenters. The van der Waals surface area contributed by atoms with Gasteiger partial charge in [0.15, 0.2) is 5.15 Å². The standard InChI is InChI=1S/C13H13ClN2O/c1-8-6-9(2)10(3)11(7-8)17-13-5-4-12(14)15-16-13/h4-7H,1-3H3. The molecule has 4 heteroatoms. The molecule has 1 aromatic heterocycles. The van der Waals surface area contributed by atoms with Crippen molar-refractivity contribution in [2.75, 3.05) is 0 Å². The van der Waals surface area contributed by atoms with Gasteiger partial charge in [0.2, 0.25) is 5.88 Å². The molecule has 0 aliphatic rings. The Kier molecular flexibility index (Phi) is 3.29. The molecule has 0 atom stereocenters. The van der Waals surface area contributed by atoms with Gasteiger partial charge < -0.3 is 4.74 Å². The summed E-state index contributed by atoms with van der Waals surface area (Å²) in [6, 6.07) is 7.46. The monoisotopic (exact) mass is 248 g/mol. The van der Waals surface area contributed by atoms with Gasteiger partial charge in [-0.1, -0.05) is 17.7 Å². The number of rotatable bonds is 2. The Morgan fingerprint density at radius 3 is 2.47 bits per heavy atom. The molecule has 1 heterocycles. The first-order chi connectivity index (χ1) is 8.06. The molecule has 17 heavy (non-hydrogen) atoms. The van der Waals surface area contributed by atoms with Crippen LogP contribution in [0.2, 0.25) is 5.15 Å². The zero-order valence-corrected chi connectivity index (χ0v) is 10.7. The van der Waals surface area contributed by atoms with E-state index in [1.165, 1.54) is 5.56 Å². The third kappa shape index (κ3) is 2.74. The maximum absolute atomic E-state index is 5.69. The van der Waals surface area contributed by atoms with Crippen molar-refractivity contribution in [3.05, 3.63) is 46.1 Å². The van der Waals surface area contributed by atoms with Crippen LogP contribution in [0.25, 0.3) is 0 Å². The van der Waals surface area contributed by atoms with Gasteiger partial charge in [-0.25, -0.2) is 0 Å². The van der Waals surface area contributed by atoms with Crippen molar-refractivity contribution in [1.82, 2.24) is 10.2 Å². The van der Waals surface area contributed by atoms with Crippen molar-refractivity contribution in [2.24, 2.45) is 0 Å². The summed E-state index contributed by atoms with van der Waals surface area (Å²) in [5, 5.41) is 7.97. The van der Waals surface area contributed by atoms with Gasteiger partial charge in [-0.05, 0) is 49.6 Å². The minimum atomic E-state index is 0.356. The van der Waals surface area contributed by atoms with Crippen LogP contribution in [0.3, 0.4) is 0 Å². The van der Waals surface area contributed by atoms with Crippen molar-refractivity contribution in [2.45, 2.75) is 20.8 Å². The number of nitrogens with zero attached hydrogens (tertiary/aromatic N) is 2. The molecular weight excluding hydrogens is 236 g/mol. The Hall–Kier alpha value is -1.61. The van der Waals surface area contributed by atoms with Crippen LogP contribution in [0.15, 0.2) is 24.3 Å². The van der Waals surface area contributed by atoms with E-state index in [1.54, 1.807) is 12.1 Å². The lowest BCUT2D eigenvalue weighted by atomic mass is 10.1. The topological polar surface area (TPSA) is 35.0 Å². The van der Waals surface area contributed by atoms with E-state index in [0.29, 0.717) is 11.0 Å². The molecule has 0 radical (unpaired) electrons.